The summed E-state index contributed by atoms with van der Waals surface area (Å²) >= 11 is 1.64. The topological polar surface area (TPSA) is 76.1 Å². The van der Waals surface area contributed by atoms with Gasteiger partial charge in [0, 0.05) is 32.4 Å². The monoisotopic (exact) mass is 294 g/mol. The number of ether oxygens (including phenoxy) is 1. The molecule has 0 saturated carbocycles. The lowest BCUT2D eigenvalue weighted by Gasteiger charge is -2.12. The van der Waals surface area contributed by atoms with Crippen LogP contribution in [0.1, 0.15) is 10.6 Å². The molecule has 2 aromatic heterocycles. The van der Waals surface area contributed by atoms with Crippen LogP contribution in [-0.2, 0) is 6.42 Å². The molecule has 0 spiro atoms. The van der Waals surface area contributed by atoms with Crippen molar-refractivity contribution in [2.24, 2.45) is 0 Å². The molecule has 0 bridgehead atoms. The number of aromatic nitrogens is 4. The fraction of sp³-hybridized carbons (Fsp3) is 0.500. The fourth-order valence-corrected chi connectivity index (χ4v) is 2.29. The maximum atomic E-state index is 5.62. The molecule has 0 atom stereocenters. The lowest BCUT2D eigenvalue weighted by Crippen LogP contribution is -2.16. The molecule has 0 fully saturated rings. The Bertz CT molecular complexity index is 571. The highest BCUT2D eigenvalue weighted by molar-refractivity contribution is 7.09. The van der Waals surface area contributed by atoms with Crippen molar-refractivity contribution in [1.29, 1.82) is 0 Å². The predicted octanol–water partition coefficient (Wildman–Crippen LogP) is 1.37. The van der Waals surface area contributed by atoms with E-state index >= 15 is 0 Å². The van der Waals surface area contributed by atoms with E-state index in [4.69, 9.17) is 4.74 Å². The quantitative estimate of drug-likeness (QED) is 0.862. The van der Waals surface area contributed by atoms with E-state index in [-0.39, 0.29) is 0 Å². The van der Waals surface area contributed by atoms with Crippen molar-refractivity contribution in [1.82, 2.24) is 19.9 Å². The highest BCUT2D eigenvalue weighted by Crippen LogP contribution is 2.15. The number of rotatable bonds is 6. The second-order valence-corrected chi connectivity index (χ2v) is 5.28. The van der Waals surface area contributed by atoms with Gasteiger partial charge in [-0.2, -0.15) is 15.0 Å². The van der Waals surface area contributed by atoms with Gasteiger partial charge in [-0.3, -0.25) is 0 Å². The van der Waals surface area contributed by atoms with E-state index in [2.05, 4.69) is 25.3 Å². The highest BCUT2D eigenvalue weighted by Gasteiger charge is 2.09. The molecule has 8 heteroatoms. The van der Waals surface area contributed by atoms with Crippen LogP contribution < -0.4 is 15.0 Å². The number of thiazole rings is 1. The van der Waals surface area contributed by atoms with Crippen molar-refractivity contribution < 1.29 is 4.74 Å². The zero-order valence-corrected chi connectivity index (χ0v) is 12.9. The molecule has 0 radical (unpaired) electrons. The fourth-order valence-electron chi connectivity index (χ4n) is 1.52. The first-order chi connectivity index (χ1) is 9.60. The van der Waals surface area contributed by atoms with Crippen molar-refractivity contribution in [3.63, 3.8) is 0 Å². The molecule has 0 aliphatic rings. The van der Waals surface area contributed by atoms with Gasteiger partial charge in [-0.25, -0.2) is 4.98 Å². The lowest BCUT2D eigenvalue weighted by molar-refractivity contribution is 0.296. The Morgan fingerprint density at radius 2 is 2.10 bits per heavy atom. The van der Waals surface area contributed by atoms with E-state index in [1.54, 1.807) is 18.4 Å². The number of aryl methyl sites for hydroxylation is 1. The third-order valence-electron chi connectivity index (χ3n) is 2.63. The predicted molar refractivity (Wildman–Crippen MR) is 79.8 cm³/mol. The molecule has 2 rings (SSSR count). The summed E-state index contributed by atoms with van der Waals surface area (Å²) in [6.45, 7) is 2.51. The largest absolute Gasteiger partial charge is 0.463 e. The number of hydrogen-bond acceptors (Lipinski definition) is 8. The third kappa shape index (κ3) is 3.53. The van der Waals surface area contributed by atoms with Crippen LogP contribution in [0.3, 0.4) is 0 Å². The smallest absolute Gasteiger partial charge is 0.323 e. The van der Waals surface area contributed by atoms with Gasteiger partial charge in [0.25, 0.3) is 0 Å². The van der Waals surface area contributed by atoms with Gasteiger partial charge in [0.2, 0.25) is 11.9 Å². The van der Waals surface area contributed by atoms with E-state index in [1.807, 2.05) is 31.4 Å². The second kappa shape index (κ2) is 6.47. The molecule has 0 aromatic carbocycles. The van der Waals surface area contributed by atoms with E-state index in [0.717, 1.165) is 12.1 Å². The van der Waals surface area contributed by atoms with Crippen molar-refractivity contribution in [3.05, 3.63) is 16.1 Å². The number of nitrogens with one attached hydrogen (secondary N) is 1. The molecule has 0 aliphatic carbocycles. The molecular formula is C12H18N6OS. The highest BCUT2D eigenvalue weighted by atomic mass is 32.1. The summed E-state index contributed by atoms with van der Waals surface area (Å²) in [5.74, 6) is 1.06. The summed E-state index contributed by atoms with van der Waals surface area (Å²) < 4.78 is 5.62. The zero-order valence-electron chi connectivity index (χ0n) is 12.0. The SMILES string of the molecule is CNc1nc(OCCc2scnc2C)nc(N(C)C)n1. The van der Waals surface area contributed by atoms with Gasteiger partial charge in [-0.1, -0.05) is 0 Å². The van der Waals surface area contributed by atoms with Crippen LogP contribution in [0, 0.1) is 6.92 Å². The van der Waals surface area contributed by atoms with Gasteiger partial charge < -0.3 is 15.0 Å². The van der Waals surface area contributed by atoms with Gasteiger partial charge in [-0.05, 0) is 6.92 Å². The summed E-state index contributed by atoms with van der Waals surface area (Å²) in [5, 5.41) is 2.90. The van der Waals surface area contributed by atoms with Crippen LogP contribution in [0.25, 0.3) is 0 Å². The minimum atomic E-state index is 0.329. The van der Waals surface area contributed by atoms with E-state index in [1.165, 1.54) is 4.88 Å². The number of hydrogen-bond donors (Lipinski definition) is 1. The van der Waals surface area contributed by atoms with Crippen molar-refractivity contribution >= 4 is 23.2 Å². The first-order valence-corrected chi connectivity index (χ1v) is 7.11. The molecule has 0 saturated heterocycles. The summed E-state index contributed by atoms with van der Waals surface area (Å²) in [5.41, 5.74) is 2.90. The molecule has 0 aliphatic heterocycles. The molecule has 0 amide bonds. The molecule has 2 heterocycles. The maximum absolute atomic E-state index is 5.62. The normalized spacial score (nSPS) is 10.4. The molecule has 108 valence electrons. The maximum Gasteiger partial charge on any atom is 0.323 e. The summed E-state index contributed by atoms with van der Waals surface area (Å²) in [7, 11) is 5.51. The van der Waals surface area contributed by atoms with Crippen molar-refractivity contribution in [2.45, 2.75) is 13.3 Å². The molecule has 2 aromatic rings. The van der Waals surface area contributed by atoms with Crippen LogP contribution in [0.15, 0.2) is 5.51 Å². The number of nitrogens with zero attached hydrogens (tertiary/aromatic N) is 5. The first-order valence-electron chi connectivity index (χ1n) is 6.23. The lowest BCUT2D eigenvalue weighted by atomic mass is 10.3. The average molecular weight is 294 g/mol. The molecular weight excluding hydrogens is 276 g/mol. The summed E-state index contributed by atoms with van der Waals surface area (Å²) in [6.07, 6.45) is 0.800. The Hall–Kier alpha value is -1.96. The summed E-state index contributed by atoms with van der Waals surface area (Å²) in [6, 6.07) is 0.329. The molecule has 1 N–H and O–H groups in total. The van der Waals surface area contributed by atoms with Crippen molar-refractivity contribution in [2.75, 3.05) is 38.0 Å². The van der Waals surface area contributed by atoms with Gasteiger partial charge >= 0.3 is 6.01 Å². The summed E-state index contributed by atoms with van der Waals surface area (Å²) in [4.78, 5) is 19.9. The van der Waals surface area contributed by atoms with Crippen LogP contribution in [-0.4, -0.2) is 47.7 Å². The van der Waals surface area contributed by atoms with E-state index in [9.17, 15) is 0 Å². The molecule has 7 nitrogen and oxygen atoms in total. The minimum Gasteiger partial charge on any atom is -0.463 e. The Balaban J connectivity index is 2.01. The minimum absolute atomic E-state index is 0.329. The van der Waals surface area contributed by atoms with Crippen LogP contribution >= 0.6 is 11.3 Å². The van der Waals surface area contributed by atoms with Crippen LogP contribution in [0.2, 0.25) is 0 Å². The van der Waals surface area contributed by atoms with Gasteiger partial charge in [-0.15, -0.1) is 11.3 Å². The van der Waals surface area contributed by atoms with Gasteiger partial charge in [0.15, 0.2) is 0 Å². The Kier molecular flexibility index (Phi) is 4.67. The Morgan fingerprint density at radius 1 is 1.30 bits per heavy atom. The first kappa shape index (κ1) is 14.4. The van der Waals surface area contributed by atoms with Crippen LogP contribution in [0.5, 0.6) is 6.01 Å². The van der Waals surface area contributed by atoms with E-state index in [0.29, 0.717) is 24.5 Å². The Morgan fingerprint density at radius 3 is 2.70 bits per heavy atom. The van der Waals surface area contributed by atoms with Crippen molar-refractivity contribution in [3.8, 4) is 6.01 Å². The zero-order chi connectivity index (χ0) is 14.5. The second-order valence-electron chi connectivity index (χ2n) is 4.35. The molecule has 20 heavy (non-hydrogen) atoms. The van der Waals surface area contributed by atoms with Gasteiger partial charge in [0.05, 0.1) is 17.8 Å². The standard InChI is InChI=1S/C12H18N6OS/c1-8-9(20-7-14-8)5-6-19-12-16-10(13-2)15-11(17-12)18(3)4/h7H,5-6H2,1-4H3,(H,13,15,16,17). The van der Waals surface area contributed by atoms with Gasteiger partial charge in [0.1, 0.15) is 0 Å². The average Bonchev–Trinajstić information content (AvgIpc) is 2.84. The van der Waals surface area contributed by atoms with E-state index < -0.39 is 0 Å². The van der Waals surface area contributed by atoms with Crippen LogP contribution in [0.4, 0.5) is 11.9 Å². The number of anilines is 2. The third-order valence-corrected chi connectivity index (χ3v) is 3.63. The Labute approximate surface area is 122 Å². The molecule has 0 unspecified atom stereocenters.